The Morgan fingerprint density at radius 1 is 0.895 bits per heavy atom. The highest BCUT2D eigenvalue weighted by atomic mass is 32.2. The molecular formula is C30H23NO6S. The average molecular weight is 526 g/mol. The topological polar surface area (TPSA) is 105 Å². The van der Waals surface area contributed by atoms with Crippen LogP contribution in [0.25, 0.3) is 23.1 Å². The minimum Gasteiger partial charge on any atom is -0.478 e. The lowest BCUT2D eigenvalue weighted by Crippen LogP contribution is -2.25. The first kappa shape index (κ1) is 25.0. The number of carbonyl (C=O) groups excluding carboxylic acids is 1. The van der Waals surface area contributed by atoms with Crippen molar-refractivity contribution in [2.75, 3.05) is 6.26 Å². The maximum atomic E-state index is 13.5. The van der Waals surface area contributed by atoms with Crippen LogP contribution >= 0.6 is 0 Å². The van der Waals surface area contributed by atoms with E-state index in [1.165, 1.54) is 24.3 Å². The Hall–Kier alpha value is -4.69. The highest BCUT2D eigenvalue weighted by molar-refractivity contribution is 7.90. The van der Waals surface area contributed by atoms with E-state index in [-0.39, 0.29) is 22.9 Å². The molecule has 1 aromatic heterocycles. The number of hydrogen-bond donors (Lipinski definition) is 1. The number of hydrogen-bond acceptors (Lipinski definition) is 5. The SMILES string of the molecule is CS(=O)(=O)c1ccc(-c2ccc(/C=C3\C=C(c4ccccc4)N(Cc4ccc(C(=O)O)cc4)C3=O)o2)cc1. The van der Waals surface area contributed by atoms with Gasteiger partial charge in [0.25, 0.3) is 5.91 Å². The van der Waals surface area contributed by atoms with E-state index >= 15 is 0 Å². The zero-order chi connectivity index (χ0) is 26.9. The minimum absolute atomic E-state index is 0.181. The smallest absolute Gasteiger partial charge is 0.335 e. The first-order valence-electron chi connectivity index (χ1n) is 11.7. The normalized spacial score (nSPS) is 14.7. The Bertz CT molecular complexity index is 1680. The van der Waals surface area contributed by atoms with Crippen molar-refractivity contribution in [1.82, 2.24) is 4.90 Å². The van der Waals surface area contributed by atoms with Crippen molar-refractivity contribution >= 4 is 33.5 Å². The molecule has 1 amide bonds. The summed E-state index contributed by atoms with van der Waals surface area (Å²) in [6.45, 7) is 0.271. The number of carbonyl (C=O) groups is 2. The summed E-state index contributed by atoms with van der Waals surface area (Å²) in [5, 5.41) is 9.17. The van der Waals surface area contributed by atoms with Crippen molar-refractivity contribution in [3.63, 3.8) is 0 Å². The van der Waals surface area contributed by atoms with Crippen LogP contribution in [0.3, 0.4) is 0 Å². The summed E-state index contributed by atoms with van der Waals surface area (Å²) in [5.41, 5.74) is 3.74. The zero-order valence-electron chi connectivity index (χ0n) is 20.4. The predicted molar refractivity (Wildman–Crippen MR) is 144 cm³/mol. The van der Waals surface area contributed by atoms with Crippen molar-refractivity contribution in [2.45, 2.75) is 11.4 Å². The Kier molecular flexibility index (Phi) is 6.57. The third-order valence-electron chi connectivity index (χ3n) is 6.18. The lowest BCUT2D eigenvalue weighted by molar-refractivity contribution is -0.123. The second-order valence-corrected chi connectivity index (χ2v) is 10.9. The van der Waals surface area contributed by atoms with Crippen LogP contribution in [-0.4, -0.2) is 36.6 Å². The van der Waals surface area contributed by atoms with Gasteiger partial charge < -0.3 is 14.4 Å². The molecule has 4 aromatic rings. The minimum atomic E-state index is -3.30. The van der Waals surface area contributed by atoms with Gasteiger partial charge in [0.15, 0.2) is 9.84 Å². The van der Waals surface area contributed by atoms with Crippen LogP contribution in [0.1, 0.15) is 27.2 Å². The van der Waals surface area contributed by atoms with Crippen molar-refractivity contribution in [3.05, 3.63) is 125 Å². The maximum Gasteiger partial charge on any atom is 0.335 e. The van der Waals surface area contributed by atoms with Gasteiger partial charge >= 0.3 is 5.97 Å². The molecule has 3 aromatic carbocycles. The number of furan rings is 1. The molecule has 7 nitrogen and oxygen atoms in total. The molecule has 5 rings (SSSR count). The fourth-order valence-corrected chi connectivity index (χ4v) is 4.83. The molecule has 0 aliphatic carbocycles. The molecule has 1 aliphatic heterocycles. The molecule has 1 N–H and O–H groups in total. The number of amides is 1. The molecule has 2 heterocycles. The van der Waals surface area contributed by atoms with E-state index in [0.717, 1.165) is 23.1 Å². The van der Waals surface area contributed by atoms with Crippen LogP contribution in [0.4, 0.5) is 0 Å². The summed E-state index contributed by atoms with van der Waals surface area (Å²) in [4.78, 5) is 26.6. The van der Waals surface area contributed by atoms with E-state index in [9.17, 15) is 23.1 Å². The fourth-order valence-electron chi connectivity index (χ4n) is 4.20. The molecule has 0 unspecified atom stereocenters. The third kappa shape index (κ3) is 5.21. The molecule has 0 fully saturated rings. The molecule has 0 saturated heterocycles. The van der Waals surface area contributed by atoms with Crippen LogP contribution in [0.5, 0.6) is 0 Å². The number of carboxylic acid groups (broad SMARTS) is 1. The van der Waals surface area contributed by atoms with Gasteiger partial charge in [-0.05, 0) is 71.8 Å². The van der Waals surface area contributed by atoms with Crippen molar-refractivity contribution < 1.29 is 27.5 Å². The quantitative estimate of drug-likeness (QED) is 0.319. The second kappa shape index (κ2) is 9.99. The van der Waals surface area contributed by atoms with Gasteiger partial charge in [-0.1, -0.05) is 42.5 Å². The van der Waals surface area contributed by atoms with E-state index in [4.69, 9.17) is 4.42 Å². The fraction of sp³-hybridized carbons (Fsp3) is 0.0667. The van der Waals surface area contributed by atoms with Crippen molar-refractivity contribution in [2.24, 2.45) is 0 Å². The van der Waals surface area contributed by atoms with Gasteiger partial charge in [-0.3, -0.25) is 4.79 Å². The van der Waals surface area contributed by atoms with E-state index in [1.807, 2.05) is 36.4 Å². The van der Waals surface area contributed by atoms with Crippen LogP contribution in [-0.2, 0) is 21.2 Å². The average Bonchev–Trinajstić information content (AvgIpc) is 3.50. The molecule has 8 heteroatoms. The van der Waals surface area contributed by atoms with E-state index in [0.29, 0.717) is 22.7 Å². The van der Waals surface area contributed by atoms with Crippen LogP contribution in [0, 0.1) is 0 Å². The van der Waals surface area contributed by atoms with Gasteiger partial charge in [-0.25, -0.2) is 13.2 Å². The summed E-state index contributed by atoms with van der Waals surface area (Å²) >= 11 is 0. The maximum absolute atomic E-state index is 13.5. The first-order chi connectivity index (χ1) is 18.2. The third-order valence-corrected chi connectivity index (χ3v) is 7.31. The number of benzene rings is 3. The molecular weight excluding hydrogens is 502 g/mol. The molecule has 0 atom stereocenters. The number of rotatable bonds is 7. The van der Waals surface area contributed by atoms with Crippen molar-refractivity contribution in [1.29, 1.82) is 0 Å². The Morgan fingerprint density at radius 3 is 2.21 bits per heavy atom. The summed E-state index contributed by atoms with van der Waals surface area (Å²) in [7, 11) is -3.30. The van der Waals surface area contributed by atoms with E-state index in [2.05, 4.69) is 0 Å². The highest BCUT2D eigenvalue weighted by Crippen LogP contribution is 2.33. The predicted octanol–water partition coefficient (Wildman–Crippen LogP) is 5.52. The molecule has 190 valence electrons. The lowest BCUT2D eigenvalue weighted by atomic mass is 10.1. The molecule has 38 heavy (non-hydrogen) atoms. The summed E-state index contributed by atoms with van der Waals surface area (Å²) in [5.74, 6) is -0.188. The highest BCUT2D eigenvalue weighted by Gasteiger charge is 2.29. The van der Waals surface area contributed by atoms with Gasteiger partial charge in [0.05, 0.1) is 22.7 Å². The monoisotopic (exact) mass is 525 g/mol. The van der Waals surface area contributed by atoms with Gasteiger partial charge in [-0.15, -0.1) is 0 Å². The van der Waals surface area contributed by atoms with Gasteiger partial charge in [0.2, 0.25) is 0 Å². The molecule has 1 aliphatic rings. The number of carboxylic acids is 1. The Balaban J connectivity index is 1.44. The number of aromatic carboxylic acids is 1. The van der Waals surface area contributed by atoms with Gasteiger partial charge in [0.1, 0.15) is 11.5 Å². The molecule has 0 bridgehead atoms. The summed E-state index contributed by atoms with van der Waals surface area (Å²) in [6, 6.07) is 25.9. The second-order valence-electron chi connectivity index (χ2n) is 8.89. The first-order valence-corrected chi connectivity index (χ1v) is 13.6. The van der Waals surface area contributed by atoms with Gasteiger partial charge in [0, 0.05) is 17.4 Å². The number of sulfone groups is 1. The largest absolute Gasteiger partial charge is 0.478 e. The van der Waals surface area contributed by atoms with Crippen LogP contribution in [0.15, 0.2) is 112 Å². The summed E-state index contributed by atoms with van der Waals surface area (Å²) in [6.07, 6.45) is 4.64. The molecule has 0 spiro atoms. The van der Waals surface area contributed by atoms with Crippen molar-refractivity contribution in [3.8, 4) is 11.3 Å². The number of nitrogens with zero attached hydrogens (tertiary/aromatic N) is 1. The Morgan fingerprint density at radius 2 is 1.58 bits per heavy atom. The molecule has 0 saturated carbocycles. The Labute approximate surface area is 219 Å². The van der Waals surface area contributed by atoms with E-state index < -0.39 is 15.8 Å². The standard InChI is InChI=1S/C30H23NO6S/c1-38(35,36)26-14-11-22(12-15-26)28-16-13-25(37-28)17-24-18-27(21-5-3-2-4-6-21)31(29(24)32)19-20-7-9-23(10-8-20)30(33)34/h2-18H,19H2,1H3,(H,33,34)/b24-17+. The summed E-state index contributed by atoms with van der Waals surface area (Å²) < 4.78 is 29.4. The van der Waals surface area contributed by atoms with E-state index in [1.54, 1.807) is 47.4 Å². The van der Waals surface area contributed by atoms with Crippen LogP contribution < -0.4 is 0 Å². The zero-order valence-corrected chi connectivity index (χ0v) is 21.2. The molecule has 0 radical (unpaired) electrons. The van der Waals surface area contributed by atoms with Crippen LogP contribution in [0.2, 0.25) is 0 Å². The lowest BCUT2D eigenvalue weighted by Gasteiger charge is -2.21. The van der Waals surface area contributed by atoms with Gasteiger partial charge in [-0.2, -0.15) is 0 Å².